The third kappa shape index (κ3) is 5.38. The Morgan fingerprint density at radius 3 is 2.53 bits per heavy atom. The summed E-state index contributed by atoms with van der Waals surface area (Å²) in [4.78, 5) is 20.4. The maximum atomic E-state index is 4.67. The molecule has 0 saturated heterocycles. The first-order valence-corrected chi connectivity index (χ1v) is 12.7. The second-order valence-corrected chi connectivity index (χ2v) is 9.99. The summed E-state index contributed by atoms with van der Waals surface area (Å²) in [5.41, 5.74) is 5.27. The monoisotopic (exact) mass is 481 g/mol. The number of benzene rings is 3. The molecule has 5 rings (SSSR count). The number of aromatic nitrogens is 4. The summed E-state index contributed by atoms with van der Waals surface area (Å²) < 4.78 is 0. The van der Waals surface area contributed by atoms with Gasteiger partial charge >= 0.3 is 0 Å². The number of aryl methyl sites for hydroxylation is 2. The van der Waals surface area contributed by atoms with Crippen LogP contribution in [0.15, 0.2) is 100 Å². The van der Waals surface area contributed by atoms with Crippen molar-refractivity contribution in [2.24, 2.45) is 0 Å². The van der Waals surface area contributed by atoms with Crippen LogP contribution in [0.2, 0.25) is 0 Å². The van der Waals surface area contributed by atoms with E-state index in [2.05, 4.69) is 93.7 Å². The van der Waals surface area contributed by atoms with Gasteiger partial charge in [-0.15, -0.1) is 0 Å². The van der Waals surface area contributed by atoms with Crippen LogP contribution in [0, 0.1) is 13.8 Å². The molecule has 168 valence electrons. The van der Waals surface area contributed by atoms with E-state index in [0.29, 0.717) is 16.6 Å². The van der Waals surface area contributed by atoms with Gasteiger partial charge in [0.25, 0.3) is 0 Å². The molecule has 34 heavy (non-hydrogen) atoms. The summed E-state index contributed by atoms with van der Waals surface area (Å²) in [5.74, 6) is 1.51. The summed E-state index contributed by atoms with van der Waals surface area (Å²) in [5, 5.41) is 5.00. The van der Waals surface area contributed by atoms with Crippen molar-refractivity contribution in [1.82, 2.24) is 19.9 Å². The van der Waals surface area contributed by atoms with Crippen LogP contribution in [-0.4, -0.2) is 19.9 Å². The van der Waals surface area contributed by atoms with Crippen molar-refractivity contribution < 1.29 is 0 Å². The first-order chi connectivity index (χ1) is 16.6. The minimum absolute atomic E-state index is 0.628. The smallest absolute Gasteiger partial charge is 0.189 e. The number of hydrogen-bond donors (Lipinski definition) is 1. The lowest BCUT2D eigenvalue weighted by molar-refractivity contribution is 0.980. The first-order valence-electron chi connectivity index (χ1n) is 10.9. The number of rotatable bonds is 7. The maximum absolute atomic E-state index is 4.67. The third-order valence-electron chi connectivity index (χ3n) is 5.18. The van der Waals surface area contributed by atoms with Crippen molar-refractivity contribution in [1.29, 1.82) is 0 Å². The zero-order valence-corrected chi connectivity index (χ0v) is 20.5. The number of thioether (sulfide) groups is 1. The number of hydrogen-bond acceptors (Lipinski definition) is 7. The van der Waals surface area contributed by atoms with Crippen LogP contribution in [0.25, 0.3) is 11.0 Å². The fourth-order valence-electron chi connectivity index (χ4n) is 3.49. The number of anilines is 2. The molecule has 0 aliphatic heterocycles. The summed E-state index contributed by atoms with van der Waals surface area (Å²) in [6.07, 6.45) is 3.35. The molecule has 1 N–H and O–H groups in total. The second-order valence-electron chi connectivity index (χ2n) is 7.93. The van der Waals surface area contributed by atoms with Crippen molar-refractivity contribution in [3.8, 4) is 0 Å². The van der Waals surface area contributed by atoms with Gasteiger partial charge in [-0.05, 0) is 49.2 Å². The van der Waals surface area contributed by atoms with Gasteiger partial charge in [-0.25, -0.2) is 19.9 Å². The van der Waals surface area contributed by atoms with Crippen molar-refractivity contribution in [2.75, 3.05) is 5.32 Å². The van der Waals surface area contributed by atoms with E-state index < -0.39 is 0 Å². The number of fused-ring (bicyclic) bond motifs is 1. The molecule has 0 radical (unpaired) electrons. The normalized spacial score (nSPS) is 11.0. The van der Waals surface area contributed by atoms with Crippen LogP contribution in [0.3, 0.4) is 0 Å². The molecule has 0 aliphatic rings. The highest BCUT2D eigenvalue weighted by molar-refractivity contribution is 7.99. The van der Waals surface area contributed by atoms with Crippen LogP contribution < -0.4 is 5.32 Å². The number of nitrogens with zero attached hydrogens (tertiary/aromatic N) is 4. The Bertz CT molecular complexity index is 1440. The lowest BCUT2D eigenvalue weighted by atomic mass is 10.2. The molecule has 7 heteroatoms. The Hall–Kier alpha value is -3.42. The zero-order chi connectivity index (χ0) is 23.3. The van der Waals surface area contributed by atoms with Gasteiger partial charge in [-0.1, -0.05) is 77.6 Å². The summed E-state index contributed by atoms with van der Waals surface area (Å²) in [6, 6.07) is 25.2. The summed E-state index contributed by atoms with van der Waals surface area (Å²) in [6.45, 7) is 4.20. The molecule has 0 atom stereocenters. The lowest BCUT2D eigenvalue weighted by Crippen LogP contribution is -2.00. The van der Waals surface area contributed by atoms with Gasteiger partial charge in [0.05, 0.1) is 11.1 Å². The molecule has 0 spiro atoms. The summed E-state index contributed by atoms with van der Waals surface area (Å²) >= 11 is 3.33. The van der Waals surface area contributed by atoms with Crippen molar-refractivity contribution >= 4 is 46.1 Å². The van der Waals surface area contributed by atoms with Crippen LogP contribution in [-0.2, 0) is 5.75 Å². The molecule has 2 aromatic heterocycles. The Balaban J connectivity index is 1.41. The number of nitrogens with one attached hydrogen (secondary N) is 1. The average molecular weight is 482 g/mol. The fraction of sp³-hybridized carbons (Fsp3) is 0.111. The molecule has 2 heterocycles. The third-order valence-corrected chi connectivity index (χ3v) is 7.18. The highest BCUT2D eigenvalue weighted by Gasteiger charge is 2.12. The predicted molar refractivity (Wildman–Crippen MR) is 141 cm³/mol. The van der Waals surface area contributed by atoms with E-state index in [1.54, 1.807) is 36.0 Å². The highest BCUT2D eigenvalue weighted by Crippen LogP contribution is 2.36. The van der Waals surface area contributed by atoms with E-state index in [1.165, 1.54) is 21.6 Å². The van der Waals surface area contributed by atoms with Crippen molar-refractivity contribution in [3.05, 3.63) is 102 Å². The first kappa shape index (κ1) is 22.4. The van der Waals surface area contributed by atoms with Gasteiger partial charge < -0.3 is 5.32 Å². The molecule has 0 unspecified atom stereocenters. The van der Waals surface area contributed by atoms with Crippen molar-refractivity contribution in [3.63, 3.8) is 0 Å². The second kappa shape index (κ2) is 10.2. The Morgan fingerprint density at radius 2 is 1.68 bits per heavy atom. The van der Waals surface area contributed by atoms with E-state index in [-0.39, 0.29) is 0 Å². The molecular weight excluding hydrogens is 458 g/mol. The minimum Gasteiger partial charge on any atom is -0.339 e. The van der Waals surface area contributed by atoms with E-state index in [0.717, 1.165) is 21.7 Å². The molecule has 0 saturated carbocycles. The molecule has 0 amide bonds. The van der Waals surface area contributed by atoms with Gasteiger partial charge in [0.15, 0.2) is 10.8 Å². The maximum Gasteiger partial charge on any atom is 0.189 e. The molecular formula is C27H23N5S2. The van der Waals surface area contributed by atoms with Gasteiger partial charge in [0.2, 0.25) is 0 Å². The van der Waals surface area contributed by atoms with Crippen LogP contribution in [0.4, 0.5) is 11.5 Å². The molecule has 5 aromatic rings. The quantitative estimate of drug-likeness (QED) is 0.194. The van der Waals surface area contributed by atoms with Crippen LogP contribution in [0.5, 0.6) is 0 Å². The minimum atomic E-state index is 0.628. The Kier molecular flexibility index (Phi) is 6.74. The van der Waals surface area contributed by atoms with E-state index in [1.807, 2.05) is 18.2 Å². The Morgan fingerprint density at radius 1 is 0.824 bits per heavy atom. The topological polar surface area (TPSA) is 63.6 Å². The standard InChI is InChI=1S/C27H23N5S2/c1-18-7-6-10-21(13-18)34-24-12-11-19(2)14-23(24)31-25-22-15-28-27(32-26(22)30-17-29-25)33-16-20-8-4-3-5-9-20/h3-15,17H,16H2,1-2H3,(H,28,29,30,31,32). The lowest BCUT2D eigenvalue weighted by Gasteiger charge is -2.14. The molecule has 0 bridgehead atoms. The average Bonchev–Trinajstić information content (AvgIpc) is 2.85. The fourth-order valence-corrected chi connectivity index (χ4v) is 5.26. The molecule has 0 aliphatic carbocycles. The van der Waals surface area contributed by atoms with E-state index in [4.69, 9.17) is 0 Å². The molecule has 0 fully saturated rings. The Labute approximate surface area is 207 Å². The van der Waals surface area contributed by atoms with Gasteiger partial charge in [0.1, 0.15) is 12.1 Å². The highest BCUT2D eigenvalue weighted by atomic mass is 32.2. The van der Waals surface area contributed by atoms with E-state index >= 15 is 0 Å². The summed E-state index contributed by atoms with van der Waals surface area (Å²) in [7, 11) is 0. The van der Waals surface area contributed by atoms with Gasteiger partial charge in [0, 0.05) is 21.7 Å². The predicted octanol–water partition coefficient (Wildman–Crippen LogP) is 7.22. The molecule has 5 nitrogen and oxygen atoms in total. The van der Waals surface area contributed by atoms with Crippen LogP contribution >= 0.6 is 23.5 Å². The van der Waals surface area contributed by atoms with E-state index in [9.17, 15) is 0 Å². The van der Waals surface area contributed by atoms with Gasteiger partial charge in [-0.2, -0.15) is 0 Å². The largest absolute Gasteiger partial charge is 0.339 e. The zero-order valence-electron chi connectivity index (χ0n) is 18.9. The van der Waals surface area contributed by atoms with Crippen molar-refractivity contribution in [2.45, 2.75) is 34.5 Å². The van der Waals surface area contributed by atoms with Gasteiger partial charge in [-0.3, -0.25) is 0 Å². The molecule has 3 aromatic carbocycles. The SMILES string of the molecule is Cc1cccc(Sc2ccc(C)cc2Nc2ncnc3nc(SCc4ccccc4)ncc23)c1. The van der Waals surface area contributed by atoms with Crippen LogP contribution in [0.1, 0.15) is 16.7 Å².